The van der Waals surface area contributed by atoms with Gasteiger partial charge in [0.25, 0.3) is 11.8 Å². The summed E-state index contributed by atoms with van der Waals surface area (Å²) in [7, 11) is 0. The molecule has 3 rings (SSSR count). The van der Waals surface area contributed by atoms with Crippen LogP contribution in [0.5, 0.6) is 5.75 Å². The number of benzene rings is 2. The molecule has 0 aliphatic carbocycles. The van der Waals surface area contributed by atoms with Crippen LogP contribution in [0.25, 0.3) is 6.08 Å². The van der Waals surface area contributed by atoms with E-state index in [2.05, 4.69) is 28.3 Å². The van der Waals surface area contributed by atoms with Crippen molar-refractivity contribution in [1.29, 1.82) is 0 Å². The third-order valence-corrected chi connectivity index (χ3v) is 6.17. The van der Waals surface area contributed by atoms with Crippen molar-refractivity contribution in [2.75, 3.05) is 6.61 Å². The number of rotatable bonds is 7. The van der Waals surface area contributed by atoms with Crippen LogP contribution in [0.3, 0.4) is 0 Å². The molecule has 5 nitrogen and oxygen atoms in total. The summed E-state index contributed by atoms with van der Waals surface area (Å²) in [4.78, 5) is 25.7. The van der Waals surface area contributed by atoms with E-state index in [9.17, 15) is 9.59 Å². The van der Waals surface area contributed by atoms with Gasteiger partial charge in [0.05, 0.1) is 11.5 Å². The van der Waals surface area contributed by atoms with Crippen LogP contribution >= 0.6 is 51.5 Å². The highest BCUT2D eigenvalue weighted by Gasteiger charge is 2.34. The van der Waals surface area contributed by atoms with Crippen molar-refractivity contribution in [3.05, 3.63) is 68.0 Å². The molecule has 9 heteroatoms. The van der Waals surface area contributed by atoms with Crippen LogP contribution in [0.4, 0.5) is 0 Å². The Labute approximate surface area is 197 Å². The molecule has 156 valence electrons. The minimum atomic E-state index is -0.449. The summed E-state index contributed by atoms with van der Waals surface area (Å²) in [6.07, 6.45) is 3.69. The lowest BCUT2D eigenvalue weighted by Gasteiger charge is -2.15. The molecule has 1 aliphatic rings. The van der Waals surface area contributed by atoms with Gasteiger partial charge in [0.15, 0.2) is 4.32 Å². The van der Waals surface area contributed by atoms with Crippen molar-refractivity contribution in [3.63, 3.8) is 0 Å². The van der Waals surface area contributed by atoms with E-state index >= 15 is 0 Å². The van der Waals surface area contributed by atoms with Gasteiger partial charge in [-0.2, -0.15) is 5.01 Å². The van der Waals surface area contributed by atoms with Gasteiger partial charge in [-0.1, -0.05) is 52.6 Å². The molecule has 1 N–H and O–H groups in total. The van der Waals surface area contributed by atoms with E-state index in [0.29, 0.717) is 27.8 Å². The first-order valence-electron chi connectivity index (χ1n) is 9.16. The summed E-state index contributed by atoms with van der Waals surface area (Å²) in [5, 5.41) is 1.60. The van der Waals surface area contributed by atoms with Gasteiger partial charge in [-0.05, 0) is 67.2 Å². The number of unbranched alkanes of at least 4 members (excludes halogenated alkanes) is 1. The maximum atomic E-state index is 12.9. The molecule has 1 fully saturated rings. The zero-order chi connectivity index (χ0) is 21.7. The lowest BCUT2D eigenvalue weighted by Crippen LogP contribution is -2.44. The summed E-state index contributed by atoms with van der Waals surface area (Å²) in [6.45, 7) is 2.69. The molecule has 30 heavy (non-hydrogen) atoms. The second-order valence-electron chi connectivity index (χ2n) is 6.35. The van der Waals surface area contributed by atoms with Crippen molar-refractivity contribution in [3.8, 4) is 5.75 Å². The Kier molecular flexibility index (Phi) is 7.93. The fourth-order valence-corrected chi connectivity index (χ4v) is 4.24. The van der Waals surface area contributed by atoms with Crippen molar-refractivity contribution < 1.29 is 14.3 Å². The highest BCUT2D eigenvalue weighted by Crippen LogP contribution is 2.34. The van der Waals surface area contributed by atoms with Crippen molar-refractivity contribution in [2.24, 2.45) is 0 Å². The normalized spacial score (nSPS) is 15.0. The quantitative estimate of drug-likeness (QED) is 0.280. The second-order valence-corrected chi connectivity index (χ2v) is 9.38. The van der Waals surface area contributed by atoms with Gasteiger partial charge in [0.1, 0.15) is 5.75 Å². The molecule has 0 radical (unpaired) electrons. The van der Waals surface area contributed by atoms with Gasteiger partial charge in [0.2, 0.25) is 0 Å². The molecule has 0 unspecified atom stereocenters. The molecule has 2 amide bonds. The molecule has 1 saturated heterocycles. The standard InChI is InChI=1S/C21H18BrClN2O3S2/c1-2-3-10-28-17-9-6-15(22)11-14(17)12-18-20(27)25(21(29)30-18)24-19(26)13-4-7-16(23)8-5-13/h4-9,11-12H,2-3,10H2,1H3,(H,24,26)/b18-12+. The van der Waals surface area contributed by atoms with E-state index in [1.54, 1.807) is 30.3 Å². The van der Waals surface area contributed by atoms with Gasteiger partial charge < -0.3 is 4.74 Å². The lowest BCUT2D eigenvalue weighted by atomic mass is 10.2. The zero-order valence-electron chi connectivity index (χ0n) is 16.0. The molecule has 0 bridgehead atoms. The Bertz CT molecular complexity index is 1010. The third kappa shape index (κ3) is 5.63. The molecule has 0 aromatic heterocycles. The fraction of sp³-hybridized carbons (Fsp3) is 0.190. The molecule has 0 saturated carbocycles. The first-order valence-corrected chi connectivity index (χ1v) is 11.6. The highest BCUT2D eigenvalue weighted by molar-refractivity contribution is 9.10. The Hall–Kier alpha value is -1.87. The minimum absolute atomic E-state index is 0.247. The van der Waals surface area contributed by atoms with Crippen molar-refractivity contribution in [2.45, 2.75) is 19.8 Å². The van der Waals surface area contributed by atoms with E-state index in [0.717, 1.165) is 39.6 Å². The number of hydrogen-bond donors (Lipinski definition) is 1. The molecule has 1 aliphatic heterocycles. The van der Waals surface area contributed by atoms with Crippen LogP contribution in [0.15, 0.2) is 51.8 Å². The Balaban J connectivity index is 1.78. The summed E-state index contributed by atoms with van der Waals surface area (Å²) >= 11 is 15.7. The summed E-state index contributed by atoms with van der Waals surface area (Å²) in [5.41, 5.74) is 3.68. The number of ether oxygens (including phenoxy) is 1. The van der Waals surface area contributed by atoms with Crippen molar-refractivity contribution in [1.82, 2.24) is 10.4 Å². The lowest BCUT2D eigenvalue weighted by molar-refractivity contribution is -0.123. The number of thioether (sulfide) groups is 1. The van der Waals surface area contributed by atoms with Crippen LogP contribution < -0.4 is 10.2 Å². The number of hydrogen-bond acceptors (Lipinski definition) is 5. The molecule has 0 spiro atoms. The maximum Gasteiger partial charge on any atom is 0.285 e. The number of carbonyl (C=O) groups is 2. The van der Waals surface area contributed by atoms with Crippen LogP contribution in [0.2, 0.25) is 5.02 Å². The number of hydrazine groups is 1. The number of thiocarbonyl (C=S) groups is 1. The Morgan fingerprint density at radius 2 is 2.03 bits per heavy atom. The number of nitrogens with one attached hydrogen (secondary N) is 1. The molecule has 2 aromatic rings. The minimum Gasteiger partial charge on any atom is -0.493 e. The van der Waals surface area contributed by atoms with E-state index in [4.69, 9.17) is 28.6 Å². The van der Waals surface area contributed by atoms with E-state index in [-0.39, 0.29) is 4.32 Å². The van der Waals surface area contributed by atoms with Gasteiger partial charge in [-0.3, -0.25) is 15.0 Å². The molecular formula is C21H18BrClN2O3S2. The van der Waals surface area contributed by atoms with Gasteiger partial charge >= 0.3 is 0 Å². The first-order chi connectivity index (χ1) is 14.4. The second kappa shape index (κ2) is 10.4. The number of halogens is 2. The van der Waals surface area contributed by atoms with Crippen LogP contribution in [0.1, 0.15) is 35.7 Å². The zero-order valence-corrected chi connectivity index (χ0v) is 20.0. The summed E-state index contributed by atoms with van der Waals surface area (Å²) in [6, 6.07) is 12.0. The average molecular weight is 526 g/mol. The smallest absolute Gasteiger partial charge is 0.285 e. The van der Waals surface area contributed by atoms with Crippen molar-refractivity contribution >= 4 is 73.7 Å². The van der Waals surface area contributed by atoms with E-state index in [1.165, 1.54) is 0 Å². The Morgan fingerprint density at radius 1 is 1.30 bits per heavy atom. The number of nitrogens with zero attached hydrogens (tertiary/aromatic N) is 1. The maximum absolute atomic E-state index is 12.9. The number of amides is 2. The largest absolute Gasteiger partial charge is 0.493 e. The summed E-state index contributed by atoms with van der Waals surface area (Å²) in [5.74, 6) is -0.163. The van der Waals surface area contributed by atoms with Gasteiger partial charge in [0, 0.05) is 20.6 Å². The SMILES string of the molecule is CCCCOc1ccc(Br)cc1/C=C1/SC(=S)N(NC(=O)c2ccc(Cl)cc2)C1=O. The molecule has 0 atom stereocenters. The predicted molar refractivity (Wildman–Crippen MR) is 128 cm³/mol. The van der Waals surface area contributed by atoms with E-state index < -0.39 is 11.8 Å². The van der Waals surface area contributed by atoms with E-state index in [1.807, 2.05) is 18.2 Å². The van der Waals surface area contributed by atoms with Crippen LogP contribution in [-0.4, -0.2) is 27.8 Å². The molecule has 2 aromatic carbocycles. The fourth-order valence-electron chi connectivity index (χ4n) is 2.56. The molecule has 1 heterocycles. The van der Waals surface area contributed by atoms with Gasteiger partial charge in [-0.15, -0.1) is 0 Å². The first kappa shape index (κ1) is 22.8. The Morgan fingerprint density at radius 3 is 2.73 bits per heavy atom. The van der Waals surface area contributed by atoms with Crippen LogP contribution in [-0.2, 0) is 4.79 Å². The topological polar surface area (TPSA) is 58.6 Å². The highest BCUT2D eigenvalue weighted by atomic mass is 79.9. The van der Waals surface area contributed by atoms with Gasteiger partial charge in [-0.25, -0.2) is 0 Å². The third-order valence-electron chi connectivity index (χ3n) is 4.13. The number of carbonyl (C=O) groups excluding carboxylic acids is 2. The monoisotopic (exact) mass is 524 g/mol. The van der Waals surface area contributed by atoms with Crippen LogP contribution in [0, 0.1) is 0 Å². The summed E-state index contributed by atoms with van der Waals surface area (Å²) < 4.78 is 6.96. The molecular weight excluding hydrogens is 508 g/mol. The predicted octanol–water partition coefficient (Wildman–Crippen LogP) is 5.83. The average Bonchev–Trinajstić information content (AvgIpc) is 2.97.